The maximum absolute atomic E-state index is 5.78. The van der Waals surface area contributed by atoms with E-state index >= 15 is 0 Å². The molecule has 0 amide bonds. The fourth-order valence-electron chi connectivity index (χ4n) is 2.23. The SMILES string of the molecule is [B]c1ccc2cc(CCCCCC)ccc2c1. The van der Waals surface area contributed by atoms with E-state index in [0.717, 1.165) is 5.46 Å². The molecular formula is C16H19B. The Labute approximate surface area is 105 Å². The molecule has 0 aliphatic heterocycles. The zero-order valence-corrected chi connectivity index (χ0v) is 10.6. The van der Waals surface area contributed by atoms with E-state index in [1.807, 2.05) is 12.1 Å². The lowest BCUT2D eigenvalue weighted by Crippen LogP contribution is -1.99. The maximum atomic E-state index is 5.78. The topological polar surface area (TPSA) is 0 Å². The van der Waals surface area contributed by atoms with Gasteiger partial charge in [0.05, 0.1) is 0 Å². The predicted molar refractivity (Wildman–Crippen MR) is 77.2 cm³/mol. The van der Waals surface area contributed by atoms with E-state index in [2.05, 4.69) is 31.2 Å². The second-order valence-corrected chi connectivity index (χ2v) is 4.75. The molecule has 0 saturated carbocycles. The molecule has 17 heavy (non-hydrogen) atoms. The lowest BCUT2D eigenvalue weighted by atomic mass is 9.92. The number of aryl methyl sites for hydroxylation is 1. The van der Waals surface area contributed by atoms with Gasteiger partial charge in [-0.15, -0.1) is 0 Å². The van der Waals surface area contributed by atoms with Crippen LogP contribution in [0.3, 0.4) is 0 Å². The Hall–Kier alpha value is -1.24. The molecule has 2 radical (unpaired) electrons. The smallest absolute Gasteiger partial charge is 0.0960 e. The van der Waals surface area contributed by atoms with Crippen LogP contribution in [0.25, 0.3) is 10.8 Å². The first-order valence-electron chi connectivity index (χ1n) is 6.58. The van der Waals surface area contributed by atoms with Crippen LogP contribution in [0.2, 0.25) is 0 Å². The highest BCUT2D eigenvalue weighted by Crippen LogP contribution is 2.16. The minimum absolute atomic E-state index is 0.841. The molecule has 1 heteroatoms. The molecule has 0 fully saturated rings. The van der Waals surface area contributed by atoms with Crippen molar-refractivity contribution in [3.63, 3.8) is 0 Å². The number of unbranched alkanes of at least 4 members (excludes halogenated alkanes) is 3. The second-order valence-electron chi connectivity index (χ2n) is 4.75. The Morgan fingerprint density at radius 3 is 2.47 bits per heavy atom. The van der Waals surface area contributed by atoms with Crippen molar-refractivity contribution in [1.29, 1.82) is 0 Å². The van der Waals surface area contributed by atoms with Crippen LogP contribution in [0.1, 0.15) is 38.2 Å². The van der Waals surface area contributed by atoms with Gasteiger partial charge >= 0.3 is 0 Å². The summed E-state index contributed by atoms with van der Waals surface area (Å²) in [7, 11) is 5.78. The molecule has 0 saturated heterocycles. The monoisotopic (exact) mass is 222 g/mol. The normalized spacial score (nSPS) is 10.9. The van der Waals surface area contributed by atoms with E-state index in [-0.39, 0.29) is 0 Å². The Kier molecular flexibility index (Phi) is 4.25. The molecule has 0 spiro atoms. The first-order valence-corrected chi connectivity index (χ1v) is 6.58. The summed E-state index contributed by atoms with van der Waals surface area (Å²) in [6.07, 6.45) is 6.49. The standard InChI is InChI=1S/C16H19B/c1-2-3-4-5-6-13-7-8-15-12-16(17)10-9-14(15)11-13/h7-12H,2-6H2,1H3. The molecule has 0 atom stereocenters. The summed E-state index contributed by atoms with van der Waals surface area (Å²) in [5, 5.41) is 2.54. The lowest BCUT2D eigenvalue weighted by Gasteiger charge is -2.04. The number of hydrogen-bond donors (Lipinski definition) is 0. The predicted octanol–water partition coefficient (Wildman–Crippen LogP) is 3.76. The quantitative estimate of drug-likeness (QED) is 0.533. The molecule has 0 aliphatic carbocycles. The molecule has 0 aliphatic rings. The van der Waals surface area contributed by atoms with E-state index in [1.165, 1.54) is 48.4 Å². The molecule has 0 N–H and O–H groups in total. The van der Waals surface area contributed by atoms with Crippen LogP contribution >= 0.6 is 0 Å². The summed E-state index contributed by atoms with van der Waals surface area (Å²) in [5.74, 6) is 0. The molecule has 0 heterocycles. The van der Waals surface area contributed by atoms with Gasteiger partial charge in [0.1, 0.15) is 7.85 Å². The van der Waals surface area contributed by atoms with Crippen LogP contribution < -0.4 is 5.46 Å². The fraction of sp³-hybridized carbons (Fsp3) is 0.375. The first kappa shape index (κ1) is 12.2. The van der Waals surface area contributed by atoms with Crippen LogP contribution in [-0.4, -0.2) is 7.85 Å². The van der Waals surface area contributed by atoms with Crippen molar-refractivity contribution in [2.24, 2.45) is 0 Å². The number of benzene rings is 2. The highest BCUT2D eigenvalue weighted by Gasteiger charge is 1.97. The van der Waals surface area contributed by atoms with Gasteiger partial charge < -0.3 is 0 Å². The number of hydrogen-bond acceptors (Lipinski definition) is 0. The summed E-state index contributed by atoms with van der Waals surface area (Å²) >= 11 is 0. The molecule has 2 rings (SSSR count). The maximum Gasteiger partial charge on any atom is 0.113 e. The minimum atomic E-state index is 0.841. The van der Waals surface area contributed by atoms with E-state index in [1.54, 1.807) is 0 Å². The summed E-state index contributed by atoms with van der Waals surface area (Å²) in [4.78, 5) is 0. The minimum Gasteiger partial charge on any atom is -0.0960 e. The molecule has 0 aromatic heterocycles. The molecule has 0 nitrogen and oxygen atoms in total. The lowest BCUT2D eigenvalue weighted by molar-refractivity contribution is 0.667. The van der Waals surface area contributed by atoms with Gasteiger partial charge in [0, 0.05) is 0 Å². The van der Waals surface area contributed by atoms with Crippen molar-refractivity contribution in [3.8, 4) is 0 Å². The van der Waals surface area contributed by atoms with E-state index in [9.17, 15) is 0 Å². The fourth-order valence-corrected chi connectivity index (χ4v) is 2.23. The number of fused-ring (bicyclic) bond motifs is 1. The molecule has 0 bridgehead atoms. The van der Waals surface area contributed by atoms with Crippen LogP contribution in [0.5, 0.6) is 0 Å². The van der Waals surface area contributed by atoms with Gasteiger partial charge in [0.2, 0.25) is 0 Å². The van der Waals surface area contributed by atoms with Gasteiger partial charge in [-0.25, -0.2) is 0 Å². The molecule has 2 aromatic carbocycles. The van der Waals surface area contributed by atoms with E-state index < -0.39 is 0 Å². The van der Waals surface area contributed by atoms with Crippen molar-refractivity contribution < 1.29 is 0 Å². The van der Waals surface area contributed by atoms with Crippen molar-refractivity contribution in [2.75, 3.05) is 0 Å². The second kappa shape index (κ2) is 5.91. The summed E-state index contributed by atoms with van der Waals surface area (Å²) in [5.41, 5.74) is 2.28. The van der Waals surface area contributed by atoms with Gasteiger partial charge in [0.25, 0.3) is 0 Å². The third kappa shape index (κ3) is 3.36. The van der Waals surface area contributed by atoms with E-state index in [0.29, 0.717) is 0 Å². The van der Waals surface area contributed by atoms with Crippen molar-refractivity contribution in [2.45, 2.75) is 39.0 Å². The molecule has 86 valence electrons. The Morgan fingerprint density at radius 1 is 0.882 bits per heavy atom. The van der Waals surface area contributed by atoms with Gasteiger partial charge in [-0.3, -0.25) is 0 Å². The van der Waals surface area contributed by atoms with Crippen molar-refractivity contribution in [1.82, 2.24) is 0 Å². The average molecular weight is 222 g/mol. The van der Waals surface area contributed by atoms with Crippen LogP contribution in [-0.2, 0) is 6.42 Å². The average Bonchev–Trinajstić information content (AvgIpc) is 2.35. The summed E-state index contributed by atoms with van der Waals surface area (Å²) < 4.78 is 0. The Bertz CT molecular complexity index is 488. The summed E-state index contributed by atoms with van der Waals surface area (Å²) in [6.45, 7) is 2.25. The van der Waals surface area contributed by atoms with Crippen LogP contribution in [0.4, 0.5) is 0 Å². The Morgan fingerprint density at radius 2 is 1.65 bits per heavy atom. The zero-order valence-electron chi connectivity index (χ0n) is 10.6. The van der Waals surface area contributed by atoms with Crippen molar-refractivity contribution in [3.05, 3.63) is 42.0 Å². The van der Waals surface area contributed by atoms with Gasteiger partial charge in [0.15, 0.2) is 0 Å². The number of rotatable bonds is 5. The van der Waals surface area contributed by atoms with E-state index in [4.69, 9.17) is 7.85 Å². The van der Waals surface area contributed by atoms with Crippen LogP contribution in [0.15, 0.2) is 36.4 Å². The highest BCUT2D eigenvalue weighted by atomic mass is 14.0. The van der Waals surface area contributed by atoms with Crippen LogP contribution in [0, 0.1) is 0 Å². The van der Waals surface area contributed by atoms with Gasteiger partial charge in [-0.1, -0.05) is 68.0 Å². The Balaban J connectivity index is 2.07. The molecule has 0 unspecified atom stereocenters. The van der Waals surface area contributed by atoms with Gasteiger partial charge in [-0.2, -0.15) is 0 Å². The third-order valence-electron chi connectivity index (χ3n) is 3.25. The van der Waals surface area contributed by atoms with Crippen molar-refractivity contribution >= 4 is 24.1 Å². The summed E-state index contributed by atoms with van der Waals surface area (Å²) in [6, 6.07) is 12.8. The largest absolute Gasteiger partial charge is 0.113 e. The third-order valence-corrected chi connectivity index (χ3v) is 3.25. The molecular weight excluding hydrogens is 203 g/mol. The molecule has 2 aromatic rings. The van der Waals surface area contributed by atoms with Gasteiger partial charge in [-0.05, 0) is 29.2 Å². The highest BCUT2D eigenvalue weighted by molar-refractivity contribution is 6.33. The zero-order chi connectivity index (χ0) is 12.1. The first-order chi connectivity index (χ1) is 8.29.